The zero-order chi connectivity index (χ0) is 13.3. The molecule has 19 heavy (non-hydrogen) atoms. The largest absolute Gasteiger partial charge is 0.469 e. The van der Waals surface area contributed by atoms with Crippen molar-refractivity contribution in [2.75, 3.05) is 18.5 Å². The molecule has 0 radical (unpaired) electrons. The van der Waals surface area contributed by atoms with Crippen molar-refractivity contribution in [2.24, 2.45) is 0 Å². The molecular formula is C14H19N3OS. The third-order valence-corrected chi connectivity index (χ3v) is 3.48. The van der Waals surface area contributed by atoms with Gasteiger partial charge in [-0.2, -0.15) is 0 Å². The van der Waals surface area contributed by atoms with Gasteiger partial charge in [-0.25, -0.2) is 0 Å². The summed E-state index contributed by atoms with van der Waals surface area (Å²) in [7, 11) is 0. The highest BCUT2D eigenvalue weighted by atomic mass is 32.1. The zero-order valence-electron chi connectivity index (χ0n) is 11.1. The maximum absolute atomic E-state index is 5.28. The average Bonchev–Trinajstić information content (AvgIpc) is 2.88. The van der Waals surface area contributed by atoms with Crippen LogP contribution in [0, 0.1) is 0 Å². The van der Waals surface area contributed by atoms with Crippen LogP contribution in [0.2, 0.25) is 0 Å². The van der Waals surface area contributed by atoms with Crippen molar-refractivity contribution in [2.45, 2.75) is 26.2 Å². The molecule has 2 aromatic rings. The van der Waals surface area contributed by atoms with E-state index >= 15 is 0 Å². The van der Waals surface area contributed by atoms with E-state index in [-0.39, 0.29) is 0 Å². The number of aromatic nitrogens is 2. The van der Waals surface area contributed by atoms with Gasteiger partial charge >= 0.3 is 0 Å². The van der Waals surface area contributed by atoms with Crippen LogP contribution in [0.4, 0.5) is 5.13 Å². The van der Waals surface area contributed by atoms with Gasteiger partial charge in [0, 0.05) is 6.54 Å². The summed E-state index contributed by atoms with van der Waals surface area (Å²) in [6.45, 7) is 3.50. The highest BCUT2D eigenvalue weighted by Crippen LogP contribution is 2.21. The number of nitrogens with zero attached hydrogens (tertiary/aromatic N) is 2. The molecule has 0 fully saturated rings. The van der Waals surface area contributed by atoms with E-state index in [1.54, 1.807) is 0 Å². The molecule has 1 heterocycles. The average molecular weight is 277 g/mol. The van der Waals surface area contributed by atoms with Crippen LogP contribution in [0.5, 0.6) is 5.19 Å². The lowest BCUT2D eigenvalue weighted by Crippen LogP contribution is -2.01. The van der Waals surface area contributed by atoms with Crippen LogP contribution in [0.3, 0.4) is 0 Å². The predicted molar refractivity (Wildman–Crippen MR) is 78.9 cm³/mol. The summed E-state index contributed by atoms with van der Waals surface area (Å²) in [5.41, 5.74) is 1.40. The highest BCUT2D eigenvalue weighted by molar-refractivity contribution is 7.16. The summed E-state index contributed by atoms with van der Waals surface area (Å²) >= 11 is 1.46. The van der Waals surface area contributed by atoms with Gasteiger partial charge in [-0.3, -0.25) is 0 Å². The Morgan fingerprint density at radius 2 is 2.00 bits per heavy atom. The lowest BCUT2D eigenvalue weighted by atomic mass is 10.1. The van der Waals surface area contributed by atoms with Crippen LogP contribution >= 0.6 is 11.3 Å². The molecule has 2 rings (SSSR count). The Balaban J connectivity index is 1.61. The summed E-state index contributed by atoms with van der Waals surface area (Å²) < 4.78 is 5.28. The van der Waals surface area contributed by atoms with Crippen molar-refractivity contribution < 1.29 is 4.74 Å². The smallest absolute Gasteiger partial charge is 0.295 e. The maximum Gasteiger partial charge on any atom is 0.295 e. The SMILES string of the molecule is CCOc1nnc(NCCCCc2ccccc2)s1. The normalized spacial score (nSPS) is 10.4. The highest BCUT2D eigenvalue weighted by Gasteiger charge is 2.03. The number of nitrogens with one attached hydrogen (secondary N) is 1. The Morgan fingerprint density at radius 3 is 2.79 bits per heavy atom. The summed E-state index contributed by atoms with van der Waals surface area (Å²) in [6.07, 6.45) is 3.43. The van der Waals surface area contributed by atoms with E-state index in [1.807, 2.05) is 6.92 Å². The molecule has 0 unspecified atom stereocenters. The number of ether oxygens (including phenoxy) is 1. The van der Waals surface area contributed by atoms with Crippen molar-refractivity contribution in [3.63, 3.8) is 0 Å². The van der Waals surface area contributed by atoms with E-state index in [2.05, 4.69) is 45.8 Å². The zero-order valence-corrected chi connectivity index (χ0v) is 11.9. The van der Waals surface area contributed by atoms with Crippen LogP contribution in [-0.4, -0.2) is 23.3 Å². The number of anilines is 1. The standard InChI is InChI=1S/C14H19N3OS/c1-2-18-14-17-16-13(19-14)15-11-7-6-10-12-8-4-3-5-9-12/h3-5,8-9H,2,6-7,10-11H2,1H3,(H,15,16). The first-order valence-corrected chi connectivity index (χ1v) is 7.44. The van der Waals surface area contributed by atoms with E-state index in [9.17, 15) is 0 Å². The van der Waals surface area contributed by atoms with Gasteiger partial charge in [-0.05, 0) is 43.1 Å². The Bertz CT molecular complexity index is 473. The lowest BCUT2D eigenvalue weighted by Gasteiger charge is -2.02. The first-order chi connectivity index (χ1) is 9.38. The molecule has 1 N–H and O–H groups in total. The summed E-state index contributed by atoms with van der Waals surface area (Å²) in [6, 6.07) is 10.6. The van der Waals surface area contributed by atoms with Crippen molar-refractivity contribution in [3.05, 3.63) is 35.9 Å². The molecular weight excluding hydrogens is 258 g/mol. The van der Waals surface area contributed by atoms with Gasteiger partial charge in [-0.15, -0.1) is 5.10 Å². The van der Waals surface area contributed by atoms with Crippen molar-refractivity contribution in [1.82, 2.24) is 10.2 Å². The molecule has 0 aliphatic carbocycles. The molecule has 1 aromatic heterocycles. The third kappa shape index (κ3) is 4.87. The maximum atomic E-state index is 5.28. The predicted octanol–water partition coefficient (Wildman–Crippen LogP) is 3.37. The fourth-order valence-electron chi connectivity index (χ4n) is 1.76. The van der Waals surface area contributed by atoms with Gasteiger partial charge in [0.2, 0.25) is 5.13 Å². The minimum absolute atomic E-state index is 0.631. The topological polar surface area (TPSA) is 47.0 Å². The molecule has 1 aromatic carbocycles. The molecule has 4 nitrogen and oxygen atoms in total. The number of aryl methyl sites for hydroxylation is 1. The van der Waals surface area contributed by atoms with Crippen LogP contribution < -0.4 is 10.1 Å². The number of rotatable bonds is 8. The van der Waals surface area contributed by atoms with E-state index in [1.165, 1.54) is 23.3 Å². The quantitative estimate of drug-likeness (QED) is 0.751. The number of hydrogen-bond donors (Lipinski definition) is 1. The van der Waals surface area contributed by atoms with Gasteiger partial charge in [-0.1, -0.05) is 35.4 Å². The van der Waals surface area contributed by atoms with Crippen LogP contribution in [0.1, 0.15) is 25.3 Å². The number of unbranched alkanes of at least 4 members (excludes halogenated alkanes) is 1. The van der Waals surface area contributed by atoms with Crippen molar-refractivity contribution in [3.8, 4) is 5.19 Å². The molecule has 102 valence electrons. The summed E-state index contributed by atoms with van der Waals surface area (Å²) in [5.74, 6) is 0. The Morgan fingerprint density at radius 1 is 1.16 bits per heavy atom. The lowest BCUT2D eigenvalue weighted by molar-refractivity contribution is 0.335. The molecule has 0 atom stereocenters. The van der Waals surface area contributed by atoms with Crippen LogP contribution in [-0.2, 0) is 6.42 Å². The molecule has 0 saturated carbocycles. The summed E-state index contributed by atoms with van der Waals surface area (Å²) in [5, 5.41) is 12.7. The minimum atomic E-state index is 0.631. The van der Waals surface area contributed by atoms with E-state index < -0.39 is 0 Å². The molecule has 0 aliphatic heterocycles. The fourth-order valence-corrected chi connectivity index (χ4v) is 2.44. The second-order valence-corrected chi connectivity index (χ2v) is 5.12. The van der Waals surface area contributed by atoms with Gasteiger partial charge in [0.1, 0.15) is 0 Å². The van der Waals surface area contributed by atoms with E-state index in [0.29, 0.717) is 11.8 Å². The van der Waals surface area contributed by atoms with Crippen molar-refractivity contribution in [1.29, 1.82) is 0 Å². The van der Waals surface area contributed by atoms with Crippen LogP contribution in [0.25, 0.3) is 0 Å². The first-order valence-electron chi connectivity index (χ1n) is 6.62. The van der Waals surface area contributed by atoms with Gasteiger partial charge in [0.05, 0.1) is 6.61 Å². The second-order valence-electron chi connectivity index (χ2n) is 4.18. The van der Waals surface area contributed by atoms with Crippen molar-refractivity contribution >= 4 is 16.5 Å². The Kier molecular flexibility index (Phi) is 5.62. The molecule has 0 saturated heterocycles. The van der Waals surface area contributed by atoms with E-state index in [4.69, 9.17) is 4.74 Å². The fraction of sp³-hybridized carbons (Fsp3) is 0.429. The first kappa shape index (κ1) is 13.8. The molecule has 0 bridgehead atoms. The van der Waals surface area contributed by atoms with E-state index in [0.717, 1.165) is 24.5 Å². The second kappa shape index (κ2) is 7.74. The molecule has 5 heteroatoms. The number of benzene rings is 1. The Hall–Kier alpha value is -1.62. The van der Waals surface area contributed by atoms with Gasteiger partial charge in [0.15, 0.2) is 0 Å². The number of hydrogen-bond acceptors (Lipinski definition) is 5. The van der Waals surface area contributed by atoms with Gasteiger partial charge in [0.25, 0.3) is 5.19 Å². The minimum Gasteiger partial charge on any atom is -0.469 e. The Labute approximate surface area is 117 Å². The summed E-state index contributed by atoms with van der Waals surface area (Å²) in [4.78, 5) is 0. The monoisotopic (exact) mass is 277 g/mol. The van der Waals surface area contributed by atoms with Gasteiger partial charge < -0.3 is 10.1 Å². The third-order valence-electron chi connectivity index (χ3n) is 2.69. The molecule has 0 spiro atoms. The molecule has 0 aliphatic rings. The molecule has 0 amide bonds. The van der Waals surface area contributed by atoms with Crippen LogP contribution in [0.15, 0.2) is 30.3 Å².